The lowest BCUT2D eigenvalue weighted by Gasteiger charge is -2.12. The smallest absolute Gasteiger partial charge is 0.172 e. The summed E-state index contributed by atoms with van der Waals surface area (Å²) in [4.78, 5) is 0. The van der Waals surface area contributed by atoms with Gasteiger partial charge in [0, 0.05) is 29.9 Å². The zero-order valence-electron chi connectivity index (χ0n) is 13.6. The van der Waals surface area contributed by atoms with Gasteiger partial charge in [-0.2, -0.15) is 5.10 Å². The lowest BCUT2D eigenvalue weighted by molar-refractivity contribution is 0.114. The highest BCUT2D eigenvalue weighted by atomic mass is 35.5. The fraction of sp³-hybridized carbons (Fsp3) is 0.412. The minimum absolute atomic E-state index is 0.256. The molecule has 1 aromatic heterocycles. The van der Waals surface area contributed by atoms with Crippen molar-refractivity contribution in [2.75, 3.05) is 18.5 Å². The van der Waals surface area contributed by atoms with Crippen molar-refractivity contribution in [2.24, 2.45) is 0 Å². The van der Waals surface area contributed by atoms with Crippen LogP contribution in [-0.4, -0.2) is 34.1 Å². The first kappa shape index (κ1) is 17.2. The van der Waals surface area contributed by atoms with Crippen LogP contribution in [0.1, 0.15) is 24.1 Å². The van der Waals surface area contributed by atoms with Crippen molar-refractivity contribution in [3.63, 3.8) is 0 Å². The third kappa shape index (κ3) is 4.69. The first-order valence-corrected chi connectivity index (χ1v) is 8.84. The number of halogens is 1. The van der Waals surface area contributed by atoms with Gasteiger partial charge in [0.1, 0.15) is 0 Å². The summed E-state index contributed by atoms with van der Waals surface area (Å²) < 4.78 is 7.50. The van der Waals surface area contributed by atoms with Gasteiger partial charge in [-0.25, -0.2) is 0 Å². The fourth-order valence-corrected chi connectivity index (χ4v) is 3.11. The predicted octanol–water partition coefficient (Wildman–Crippen LogP) is 3.36. The van der Waals surface area contributed by atoms with Crippen LogP contribution in [0.15, 0.2) is 30.3 Å². The van der Waals surface area contributed by atoms with Crippen LogP contribution in [0.3, 0.4) is 0 Å². The molecule has 1 aliphatic rings. The van der Waals surface area contributed by atoms with E-state index in [1.807, 2.05) is 41.9 Å². The van der Waals surface area contributed by atoms with Gasteiger partial charge in [0.25, 0.3) is 0 Å². The molecular weight excluding hydrogens is 344 g/mol. The van der Waals surface area contributed by atoms with Gasteiger partial charge in [0.15, 0.2) is 10.9 Å². The summed E-state index contributed by atoms with van der Waals surface area (Å²) in [7, 11) is 0. The number of benzene rings is 1. The summed E-state index contributed by atoms with van der Waals surface area (Å²) >= 11 is 11.4. The van der Waals surface area contributed by atoms with Gasteiger partial charge in [-0.15, -0.1) is 0 Å². The minimum atomic E-state index is 0.256. The van der Waals surface area contributed by atoms with E-state index in [-0.39, 0.29) is 6.10 Å². The molecule has 7 heteroatoms. The molecule has 1 unspecified atom stereocenters. The molecule has 0 radical (unpaired) electrons. The number of nitrogens with one attached hydrogen (secondary N) is 2. The number of thiocarbonyl (C=S) groups is 1. The molecule has 1 saturated heterocycles. The Hall–Kier alpha value is -1.63. The van der Waals surface area contributed by atoms with Gasteiger partial charge in [-0.05, 0) is 49.7 Å². The van der Waals surface area contributed by atoms with Crippen LogP contribution >= 0.6 is 23.8 Å². The van der Waals surface area contributed by atoms with Crippen LogP contribution in [-0.2, 0) is 11.3 Å². The summed E-state index contributed by atoms with van der Waals surface area (Å²) in [5.41, 5.74) is 2.17. The first-order valence-electron chi connectivity index (χ1n) is 8.05. The molecule has 5 nitrogen and oxygen atoms in total. The molecule has 0 aliphatic carbocycles. The molecule has 0 amide bonds. The lowest BCUT2D eigenvalue weighted by Crippen LogP contribution is -2.34. The van der Waals surface area contributed by atoms with Crippen LogP contribution in [0.5, 0.6) is 0 Å². The molecule has 0 bridgehead atoms. The second kappa shape index (κ2) is 7.96. The van der Waals surface area contributed by atoms with E-state index in [0.29, 0.717) is 11.7 Å². The van der Waals surface area contributed by atoms with E-state index >= 15 is 0 Å². The quantitative estimate of drug-likeness (QED) is 0.797. The summed E-state index contributed by atoms with van der Waals surface area (Å²) in [6.45, 7) is 4.27. The van der Waals surface area contributed by atoms with E-state index < -0.39 is 0 Å². The Morgan fingerprint density at radius 1 is 1.46 bits per heavy atom. The Labute approximate surface area is 152 Å². The molecule has 1 atom stereocenters. The van der Waals surface area contributed by atoms with Crippen LogP contribution in [0.2, 0.25) is 5.02 Å². The number of anilines is 1. The molecule has 2 aromatic rings. The van der Waals surface area contributed by atoms with E-state index in [1.165, 1.54) is 0 Å². The summed E-state index contributed by atoms with van der Waals surface area (Å²) in [5.74, 6) is 0.736. The van der Waals surface area contributed by atoms with E-state index in [0.717, 1.165) is 48.1 Å². The summed E-state index contributed by atoms with van der Waals surface area (Å²) in [5, 5.41) is 12.2. The molecule has 1 aromatic carbocycles. The number of hydrogen-bond acceptors (Lipinski definition) is 3. The van der Waals surface area contributed by atoms with Crippen molar-refractivity contribution in [2.45, 2.75) is 32.4 Å². The number of ether oxygens (including phenoxy) is 1. The second-order valence-corrected chi connectivity index (χ2v) is 6.77. The largest absolute Gasteiger partial charge is 0.376 e. The van der Waals surface area contributed by atoms with Crippen molar-refractivity contribution in [1.29, 1.82) is 0 Å². The molecule has 0 saturated carbocycles. The highest BCUT2D eigenvalue weighted by molar-refractivity contribution is 7.80. The van der Waals surface area contributed by atoms with Crippen LogP contribution in [0.25, 0.3) is 0 Å². The maximum absolute atomic E-state index is 6.04. The second-order valence-electron chi connectivity index (χ2n) is 5.93. The predicted molar refractivity (Wildman–Crippen MR) is 101 cm³/mol. The van der Waals surface area contributed by atoms with Gasteiger partial charge in [0.05, 0.1) is 12.6 Å². The molecule has 128 valence electrons. The zero-order valence-corrected chi connectivity index (χ0v) is 15.2. The molecular formula is C17H21ClN4OS. The molecule has 3 rings (SSSR count). The van der Waals surface area contributed by atoms with E-state index in [2.05, 4.69) is 15.7 Å². The SMILES string of the molecule is Cc1cc(NC(=S)NCC2CCCO2)nn1Cc1cccc(Cl)c1. The van der Waals surface area contributed by atoms with Gasteiger partial charge < -0.3 is 15.4 Å². The summed E-state index contributed by atoms with van der Waals surface area (Å²) in [6.07, 6.45) is 2.47. The number of nitrogens with zero attached hydrogens (tertiary/aromatic N) is 2. The van der Waals surface area contributed by atoms with Crippen molar-refractivity contribution in [1.82, 2.24) is 15.1 Å². The third-order valence-electron chi connectivity index (χ3n) is 3.96. The minimum Gasteiger partial charge on any atom is -0.376 e. The Balaban J connectivity index is 1.56. The van der Waals surface area contributed by atoms with E-state index in [1.54, 1.807) is 0 Å². The maximum atomic E-state index is 6.04. The van der Waals surface area contributed by atoms with Crippen LogP contribution < -0.4 is 10.6 Å². The molecule has 2 N–H and O–H groups in total. The van der Waals surface area contributed by atoms with Gasteiger partial charge >= 0.3 is 0 Å². The molecule has 2 heterocycles. The number of aromatic nitrogens is 2. The van der Waals surface area contributed by atoms with Gasteiger partial charge in [0.2, 0.25) is 0 Å². The van der Waals surface area contributed by atoms with Crippen molar-refractivity contribution < 1.29 is 4.74 Å². The highest BCUT2D eigenvalue weighted by Gasteiger charge is 2.15. The lowest BCUT2D eigenvalue weighted by atomic mass is 10.2. The van der Waals surface area contributed by atoms with Crippen molar-refractivity contribution in [3.05, 3.63) is 46.6 Å². The average Bonchev–Trinajstić information content (AvgIpc) is 3.16. The van der Waals surface area contributed by atoms with Crippen LogP contribution in [0.4, 0.5) is 5.82 Å². The van der Waals surface area contributed by atoms with Crippen molar-refractivity contribution >= 4 is 34.7 Å². The molecule has 0 spiro atoms. The number of hydrogen-bond donors (Lipinski definition) is 2. The fourth-order valence-electron chi connectivity index (χ4n) is 2.71. The Morgan fingerprint density at radius 2 is 2.33 bits per heavy atom. The molecule has 1 aliphatic heterocycles. The summed E-state index contributed by atoms with van der Waals surface area (Å²) in [6, 6.07) is 9.77. The van der Waals surface area contributed by atoms with E-state index in [4.69, 9.17) is 28.6 Å². The highest BCUT2D eigenvalue weighted by Crippen LogP contribution is 2.15. The Morgan fingerprint density at radius 3 is 3.08 bits per heavy atom. The van der Waals surface area contributed by atoms with Crippen LogP contribution in [0, 0.1) is 6.92 Å². The first-order chi connectivity index (χ1) is 11.6. The Bertz CT molecular complexity index is 712. The molecule has 1 fully saturated rings. The molecule has 24 heavy (non-hydrogen) atoms. The zero-order chi connectivity index (χ0) is 16.9. The topological polar surface area (TPSA) is 51.1 Å². The normalized spacial score (nSPS) is 17.0. The Kier molecular flexibility index (Phi) is 5.71. The standard InChI is InChI=1S/C17H21ClN4OS/c1-12-8-16(20-17(24)19-10-15-6-3-7-23-15)21-22(12)11-13-4-2-5-14(18)9-13/h2,4-5,8-9,15H,3,6-7,10-11H2,1H3,(H2,19,20,21,24). The third-order valence-corrected chi connectivity index (χ3v) is 4.44. The number of aryl methyl sites for hydroxylation is 1. The monoisotopic (exact) mass is 364 g/mol. The average molecular weight is 365 g/mol. The van der Waals surface area contributed by atoms with Crippen molar-refractivity contribution in [3.8, 4) is 0 Å². The van der Waals surface area contributed by atoms with E-state index in [9.17, 15) is 0 Å². The maximum Gasteiger partial charge on any atom is 0.172 e. The van der Waals surface area contributed by atoms with Gasteiger partial charge in [-0.3, -0.25) is 4.68 Å². The van der Waals surface area contributed by atoms with Gasteiger partial charge in [-0.1, -0.05) is 23.7 Å². The number of rotatable bonds is 5.